The minimum absolute atomic E-state index is 0.124. The van der Waals surface area contributed by atoms with E-state index in [1.54, 1.807) is 0 Å². The van der Waals surface area contributed by atoms with Crippen LogP contribution in [-0.4, -0.2) is 52.2 Å². The molecule has 0 radical (unpaired) electrons. The molecule has 0 fully saturated rings. The van der Waals surface area contributed by atoms with E-state index in [2.05, 4.69) is 0 Å². The van der Waals surface area contributed by atoms with Gasteiger partial charge in [-0.05, 0) is 12.1 Å². The van der Waals surface area contributed by atoms with Crippen molar-refractivity contribution in [3.05, 3.63) is 23.8 Å². The molecule has 0 spiro atoms. The molecule has 5 nitrogen and oxygen atoms in total. The number of carbonyl (C=O) groups excluding carboxylic acids is 1. The number of phenols is 2. The lowest BCUT2D eigenvalue weighted by molar-refractivity contribution is 0.0508. The van der Waals surface area contributed by atoms with Gasteiger partial charge in [0.1, 0.15) is 11.5 Å². The molecule has 0 aliphatic carbocycles. The van der Waals surface area contributed by atoms with Gasteiger partial charge in [0.25, 0.3) is 12.3 Å². The number of rotatable bonds is 5. The Balaban J connectivity index is 2.93. The Bertz CT molecular complexity index is 405. The van der Waals surface area contributed by atoms with Crippen LogP contribution >= 0.6 is 0 Å². The molecular formula is C11H13F2NO4. The van der Waals surface area contributed by atoms with Gasteiger partial charge in [-0.3, -0.25) is 4.79 Å². The summed E-state index contributed by atoms with van der Waals surface area (Å²) in [7, 11) is 0. The van der Waals surface area contributed by atoms with Crippen molar-refractivity contribution in [1.82, 2.24) is 4.90 Å². The van der Waals surface area contributed by atoms with Gasteiger partial charge < -0.3 is 20.2 Å². The summed E-state index contributed by atoms with van der Waals surface area (Å²) in [6.45, 7) is -1.53. The second-order valence-corrected chi connectivity index (χ2v) is 3.60. The van der Waals surface area contributed by atoms with E-state index in [4.69, 9.17) is 5.11 Å². The minimum atomic E-state index is -2.73. The first-order valence-corrected chi connectivity index (χ1v) is 5.15. The number of carbonyl (C=O) groups is 1. The number of aliphatic hydroxyl groups is 1. The maximum Gasteiger partial charge on any atom is 0.255 e. The molecule has 0 heterocycles. The highest BCUT2D eigenvalue weighted by Gasteiger charge is 2.20. The van der Waals surface area contributed by atoms with E-state index in [0.717, 1.165) is 23.1 Å². The molecule has 1 aromatic carbocycles. The van der Waals surface area contributed by atoms with Gasteiger partial charge in [-0.1, -0.05) is 0 Å². The third-order valence-electron chi connectivity index (χ3n) is 2.17. The summed E-state index contributed by atoms with van der Waals surface area (Å²) >= 11 is 0. The first-order chi connectivity index (χ1) is 8.43. The van der Waals surface area contributed by atoms with E-state index < -0.39 is 25.5 Å². The first-order valence-electron chi connectivity index (χ1n) is 5.15. The predicted molar refractivity (Wildman–Crippen MR) is 58.8 cm³/mol. The average molecular weight is 261 g/mol. The van der Waals surface area contributed by atoms with Crippen molar-refractivity contribution < 1.29 is 28.9 Å². The zero-order valence-electron chi connectivity index (χ0n) is 9.38. The van der Waals surface area contributed by atoms with Crippen LogP contribution in [0.15, 0.2) is 18.2 Å². The lowest BCUT2D eigenvalue weighted by Crippen LogP contribution is -2.37. The van der Waals surface area contributed by atoms with Crippen LogP contribution in [0.4, 0.5) is 8.78 Å². The Morgan fingerprint density at radius 2 is 1.78 bits per heavy atom. The SMILES string of the molecule is O=C(c1cc(O)cc(O)c1)N(CCO)CC(F)F. The number of nitrogens with zero attached hydrogens (tertiary/aromatic N) is 1. The van der Waals surface area contributed by atoms with Gasteiger partial charge in [0.05, 0.1) is 13.2 Å². The van der Waals surface area contributed by atoms with Crippen LogP contribution < -0.4 is 0 Å². The van der Waals surface area contributed by atoms with Gasteiger partial charge in [0.15, 0.2) is 0 Å². The smallest absolute Gasteiger partial charge is 0.255 e. The summed E-state index contributed by atoms with van der Waals surface area (Å²) < 4.78 is 24.5. The van der Waals surface area contributed by atoms with Crippen LogP contribution in [0.3, 0.4) is 0 Å². The van der Waals surface area contributed by atoms with Crippen LogP contribution in [0.2, 0.25) is 0 Å². The highest BCUT2D eigenvalue weighted by Crippen LogP contribution is 2.21. The maximum atomic E-state index is 12.3. The Morgan fingerprint density at radius 1 is 1.22 bits per heavy atom. The first kappa shape index (κ1) is 14.2. The number of amides is 1. The molecule has 0 saturated heterocycles. The topological polar surface area (TPSA) is 81.0 Å². The lowest BCUT2D eigenvalue weighted by Gasteiger charge is -2.21. The van der Waals surface area contributed by atoms with Gasteiger partial charge >= 0.3 is 0 Å². The standard InChI is InChI=1S/C11H13F2NO4/c12-10(13)6-14(1-2-15)11(18)7-3-8(16)5-9(17)4-7/h3-5,10,15-17H,1-2,6H2. The highest BCUT2D eigenvalue weighted by molar-refractivity contribution is 5.95. The number of halogens is 2. The van der Waals surface area contributed by atoms with Crippen molar-refractivity contribution >= 4 is 5.91 Å². The van der Waals surface area contributed by atoms with E-state index >= 15 is 0 Å². The molecule has 0 saturated carbocycles. The molecule has 0 aliphatic rings. The van der Waals surface area contributed by atoms with Crippen LogP contribution in [-0.2, 0) is 0 Å². The van der Waals surface area contributed by atoms with Crippen LogP contribution in [0.25, 0.3) is 0 Å². The molecular weight excluding hydrogens is 248 g/mol. The van der Waals surface area contributed by atoms with E-state index in [-0.39, 0.29) is 23.6 Å². The molecule has 0 bridgehead atoms. The third-order valence-corrected chi connectivity index (χ3v) is 2.17. The van der Waals surface area contributed by atoms with Gasteiger partial charge in [-0.15, -0.1) is 0 Å². The van der Waals surface area contributed by atoms with Crippen molar-refractivity contribution in [2.24, 2.45) is 0 Å². The van der Waals surface area contributed by atoms with Crippen molar-refractivity contribution in [2.45, 2.75) is 6.43 Å². The number of phenolic OH excluding ortho intramolecular Hbond substituents is 2. The molecule has 18 heavy (non-hydrogen) atoms. The number of hydrogen-bond donors (Lipinski definition) is 3. The van der Waals surface area contributed by atoms with Gasteiger partial charge in [-0.25, -0.2) is 8.78 Å². The number of hydrogen-bond acceptors (Lipinski definition) is 4. The summed E-state index contributed by atoms with van der Waals surface area (Å²) in [5.74, 6) is -1.49. The molecule has 0 aromatic heterocycles. The number of aliphatic hydroxyl groups excluding tert-OH is 1. The highest BCUT2D eigenvalue weighted by atomic mass is 19.3. The summed E-state index contributed by atoms with van der Waals surface area (Å²) in [6, 6.07) is 3.12. The molecule has 0 unspecified atom stereocenters. The lowest BCUT2D eigenvalue weighted by atomic mass is 10.1. The molecule has 0 atom stereocenters. The van der Waals surface area contributed by atoms with E-state index in [1.807, 2.05) is 0 Å². The molecule has 100 valence electrons. The van der Waals surface area contributed by atoms with E-state index in [9.17, 15) is 23.8 Å². The summed E-state index contributed by atoms with van der Waals surface area (Å²) in [4.78, 5) is 12.6. The fourth-order valence-corrected chi connectivity index (χ4v) is 1.46. The second kappa shape index (κ2) is 6.15. The van der Waals surface area contributed by atoms with Crippen molar-refractivity contribution in [1.29, 1.82) is 0 Å². The molecule has 0 aliphatic heterocycles. The summed E-state index contributed by atoms with van der Waals surface area (Å²) in [5.41, 5.74) is -0.124. The quantitative estimate of drug-likeness (QED) is 0.732. The predicted octanol–water partition coefficient (Wildman–Crippen LogP) is 0.797. The van der Waals surface area contributed by atoms with E-state index in [0.29, 0.717) is 0 Å². The molecule has 7 heteroatoms. The monoisotopic (exact) mass is 261 g/mol. The van der Waals surface area contributed by atoms with Gasteiger partial charge in [0.2, 0.25) is 0 Å². The van der Waals surface area contributed by atoms with Gasteiger partial charge in [0, 0.05) is 18.2 Å². The van der Waals surface area contributed by atoms with Crippen LogP contribution in [0.1, 0.15) is 10.4 Å². The Hall–Kier alpha value is -1.89. The van der Waals surface area contributed by atoms with Crippen molar-refractivity contribution in [2.75, 3.05) is 19.7 Å². The van der Waals surface area contributed by atoms with Crippen LogP contribution in [0.5, 0.6) is 11.5 Å². The zero-order valence-corrected chi connectivity index (χ0v) is 9.38. The third kappa shape index (κ3) is 3.85. The van der Waals surface area contributed by atoms with Gasteiger partial charge in [-0.2, -0.15) is 0 Å². The minimum Gasteiger partial charge on any atom is -0.508 e. The molecule has 1 aromatic rings. The largest absolute Gasteiger partial charge is 0.508 e. The average Bonchev–Trinajstić information content (AvgIpc) is 2.25. The molecule has 1 amide bonds. The maximum absolute atomic E-state index is 12.3. The van der Waals surface area contributed by atoms with Crippen molar-refractivity contribution in [3.8, 4) is 11.5 Å². The fourth-order valence-electron chi connectivity index (χ4n) is 1.46. The second-order valence-electron chi connectivity index (χ2n) is 3.60. The molecule has 1 rings (SSSR count). The zero-order chi connectivity index (χ0) is 13.7. The fraction of sp³-hybridized carbons (Fsp3) is 0.364. The number of benzene rings is 1. The summed E-state index contributed by atoms with van der Waals surface area (Å²) in [6.07, 6.45) is -2.73. The van der Waals surface area contributed by atoms with Crippen LogP contribution in [0, 0.1) is 0 Å². The summed E-state index contributed by atoms with van der Waals surface area (Å²) in [5, 5.41) is 27.1. The van der Waals surface area contributed by atoms with Crippen molar-refractivity contribution in [3.63, 3.8) is 0 Å². The van der Waals surface area contributed by atoms with E-state index in [1.165, 1.54) is 0 Å². The number of aromatic hydroxyl groups is 2. The molecule has 3 N–H and O–H groups in total. The Morgan fingerprint density at radius 3 is 2.22 bits per heavy atom. The Labute approximate surface area is 102 Å². The number of alkyl halides is 2. The normalized spacial score (nSPS) is 10.7. The Kier molecular flexibility index (Phi) is 4.85.